The highest BCUT2D eigenvalue weighted by atomic mass is 16.1. The third kappa shape index (κ3) is 2.04. The molecule has 0 radical (unpaired) electrons. The summed E-state index contributed by atoms with van der Waals surface area (Å²) in [7, 11) is 0. The lowest BCUT2D eigenvalue weighted by molar-refractivity contribution is -0.118. The van der Waals surface area contributed by atoms with Gasteiger partial charge >= 0.3 is 0 Å². The van der Waals surface area contributed by atoms with Gasteiger partial charge in [0.15, 0.2) is 5.78 Å². The third-order valence-corrected chi connectivity index (χ3v) is 2.13. The molecule has 1 nitrogen and oxygen atoms in total. The van der Waals surface area contributed by atoms with Crippen molar-refractivity contribution < 1.29 is 4.79 Å². The van der Waals surface area contributed by atoms with Crippen LogP contribution in [0.2, 0.25) is 0 Å². The Hall–Kier alpha value is -0.850. The number of rotatable bonds is 2. The van der Waals surface area contributed by atoms with Gasteiger partial charge in [-0.15, -0.1) is 6.58 Å². The smallest absolute Gasteiger partial charge is 0.159 e. The number of ketones is 1. The standard InChI is InChI=1S/C10H14O/c1-3-4-9-6-5-8(2)7-10(9)11/h3,7,9H,1,4-6H2,2H3. The van der Waals surface area contributed by atoms with Gasteiger partial charge in [-0.25, -0.2) is 0 Å². The van der Waals surface area contributed by atoms with Crippen LogP contribution in [0.15, 0.2) is 24.3 Å². The van der Waals surface area contributed by atoms with E-state index in [-0.39, 0.29) is 11.7 Å². The van der Waals surface area contributed by atoms with Crippen molar-refractivity contribution in [3.05, 3.63) is 24.3 Å². The van der Waals surface area contributed by atoms with E-state index in [0.29, 0.717) is 0 Å². The van der Waals surface area contributed by atoms with Crippen molar-refractivity contribution in [2.45, 2.75) is 26.2 Å². The first-order valence-corrected chi connectivity index (χ1v) is 4.06. The molecule has 0 aromatic rings. The van der Waals surface area contributed by atoms with Gasteiger partial charge in [0.05, 0.1) is 0 Å². The molecule has 0 bridgehead atoms. The molecule has 1 aliphatic rings. The van der Waals surface area contributed by atoms with E-state index >= 15 is 0 Å². The quantitative estimate of drug-likeness (QED) is 0.553. The predicted molar refractivity (Wildman–Crippen MR) is 46.3 cm³/mol. The fraction of sp³-hybridized carbons (Fsp3) is 0.500. The molecule has 0 N–H and O–H groups in total. The van der Waals surface area contributed by atoms with Crippen molar-refractivity contribution in [1.29, 1.82) is 0 Å². The summed E-state index contributed by atoms with van der Waals surface area (Å²) in [5.74, 6) is 0.504. The van der Waals surface area contributed by atoms with Gasteiger partial charge in [0.2, 0.25) is 0 Å². The summed E-state index contributed by atoms with van der Waals surface area (Å²) < 4.78 is 0. The number of carbonyl (C=O) groups is 1. The molecule has 1 unspecified atom stereocenters. The monoisotopic (exact) mass is 150 g/mol. The van der Waals surface area contributed by atoms with E-state index in [4.69, 9.17) is 0 Å². The molecular weight excluding hydrogens is 136 g/mol. The van der Waals surface area contributed by atoms with E-state index in [9.17, 15) is 4.79 Å². The zero-order valence-corrected chi connectivity index (χ0v) is 6.97. The van der Waals surface area contributed by atoms with Gasteiger partial charge in [0.1, 0.15) is 0 Å². The van der Waals surface area contributed by atoms with E-state index in [0.717, 1.165) is 19.3 Å². The van der Waals surface area contributed by atoms with Crippen LogP contribution in [-0.4, -0.2) is 5.78 Å². The zero-order chi connectivity index (χ0) is 8.27. The maximum atomic E-state index is 11.3. The molecule has 0 spiro atoms. The minimum Gasteiger partial charge on any atom is -0.295 e. The van der Waals surface area contributed by atoms with Crippen molar-refractivity contribution in [2.75, 3.05) is 0 Å². The molecule has 0 saturated heterocycles. The average molecular weight is 150 g/mol. The maximum absolute atomic E-state index is 11.3. The first-order valence-electron chi connectivity index (χ1n) is 4.06. The van der Waals surface area contributed by atoms with Crippen LogP contribution in [0.5, 0.6) is 0 Å². The summed E-state index contributed by atoms with van der Waals surface area (Å²) in [4.78, 5) is 11.3. The summed E-state index contributed by atoms with van der Waals surface area (Å²) in [6, 6.07) is 0. The Kier molecular flexibility index (Phi) is 2.64. The lowest BCUT2D eigenvalue weighted by Gasteiger charge is -2.16. The Morgan fingerprint density at radius 2 is 2.55 bits per heavy atom. The lowest BCUT2D eigenvalue weighted by atomic mass is 9.87. The van der Waals surface area contributed by atoms with Crippen LogP contribution in [0, 0.1) is 5.92 Å². The van der Waals surface area contributed by atoms with E-state index in [1.54, 1.807) is 6.08 Å². The van der Waals surface area contributed by atoms with Crippen molar-refractivity contribution in [2.24, 2.45) is 5.92 Å². The summed E-state index contributed by atoms with van der Waals surface area (Å²) in [5, 5.41) is 0. The van der Waals surface area contributed by atoms with Crippen LogP contribution in [0.25, 0.3) is 0 Å². The molecule has 0 heterocycles. The molecule has 60 valence electrons. The minimum absolute atomic E-state index is 0.219. The SMILES string of the molecule is C=CCC1CCC(C)=CC1=O. The second-order valence-electron chi connectivity index (χ2n) is 3.15. The second kappa shape index (κ2) is 3.51. The van der Waals surface area contributed by atoms with Crippen LogP contribution in [0.1, 0.15) is 26.2 Å². The van der Waals surface area contributed by atoms with Gasteiger partial charge in [0.25, 0.3) is 0 Å². The van der Waals surface area contributed by atoms with Crippen molar-refractivity contribution in [3.63, 3.8) is 0 Å². The Morgan fingerprint density at radius 3 is 3.09 bits per heavy atom. The normalized spacial score (nSPS) is 24.6. The van der Waals surface area contributed by atoms with Crippen LogP contribution in [0.3, 0.4) is 0 Å². The predicted octanol–water partition coefficient (Wildman–Crippen LogP) is 2.49. The Bertz CT molecular complexity index is 201. The number of carbonyl (C=O) groups excluding carboxylic acids is 1. The Morgan fingerprint density at radius 1 is 1.82 bits per heavy atom. The first-order chi connectivity index (χ1) is 5.24. The fourth-order valence-electron chi connectivity index (χ4n) is 1.41. The second-order valence-corrected chi connectivity index (χ2v) is 3.15. The Labute approximate surface area is 67.8 Å². The molecular formula is C10H14O. The molecule has 1 aliphatic carbocycles. The summed E-state index contributed by atoms with van der Waals surface area (Å²) in [5.41, 5.74) is 1.22. The van der Waals surface area contributed by atoms with E-state index in [1.807, 2.05) is 13.0 Å². The van der Waals surface area contributed by atoms with E-state index in [1.165, 1.54) is 5.57 Å². The molecule has 11 heavy (non-hydrogen) atoms. The highest BCUT2D eigenvalue weighted by Gasteiger charge is 2.18. The van der Waals surface area contributed by atoms with Gasteiger partial charge in [-0.2, -0.15) is 0 Å². The summed E-state index contributed by atoms with van der Waals surface area (Å²) in [6.45, 7) is 5.65. The minimum atomic E-state index is 0.219. The number of hydrogen-bond donors (Lipinski definition) is 0. The summed E-state index contributed by atoms with van der Waals surface area (Å²) >= 11 is 0. The third-order valence-electron chi connectivity index (χ3n) is 2.13. The Balaban J connectivity index is 2.60. The van der Waals surface area contributed by atoms with Gasteiger partial charge < -0.3 is 0 Å². The number of allylic oxidation sites excluding steroid dienone is 3. The molecule has 0 saturated carbocycles. The first kappa shape index (κ1) is 8.25. The van der Waals surface area contributed by atoms with Gasteiger partial charge in [0, 0.05) is 5.92 Å². The molecule has 0 amide bonds. The van der Waals surface area contributed by atoms with Gasteiger partial charge in [-0.05, 0) is 32.3 Å². The highest BCUT2D eigenvalue weighted by Crippen LogP contribution is 2.22. The number of hydrogen-bond acceptors (Lipinski definition) is 1. The van der Waals surface area contributed by atoms with Crippen molar-refractivity contribution in [1.82, 2.24) is 0 Å². The molecule has 0 aromatic heterocycles. The zero-order valence-electron chi connectivity index (χ0n) is 6.97. The summed E-state index contributed by atoms with van der Waals surface area (Å²) in [6.07, 6.45) is 6.52. The van der Waals surface area contributed by atoms with Crippen LogP contribution >= 0.6 is 0 Å². The maximum Gasteiger partial charge on any atom is 0.159 e. The molecule has 0 fully saturated rings. The molecule has 0 aliphatic heterocycles. The fourth-order valence-corrected chi connectivity index (χ4v) is 1.41. The van der Waals surface area contributed by atoms with Crippen LogP contribution < -0.4 is 0 Å². The lowest BCUT2D eigenvalue weighted by Crippen LogP contribution is -2.15. The highest BCUT2D eigenvalue weighted by molar-refractivity contribution is 5.93. The molecule has 1 rings (SSSR count). The molecule has 1 heteroatoms. The van der Waals surface area contributed by atoms with Gasteiger partial charge in [-0.1, -0.05) is 11.6 Å². The van der Waals surface area contributed by atoms with Crippen molar-refractivity contribution in [3.8, 4) is 0 Å². The largest absolute Gasteiger partial charge is 0.295 e. The van der Waals surface area contributed by atoms with E-state index in [2.05, 4.69) is 6.58 Å². The van der Waals surface area contributed by atoms with E-state index < -0.39 is 0 Å². The molecule has 0 aromatic carbocycles. The molecule has 1 atom stereocenters. The van der Waals surface area contributed by atoms with Crippen molar-refractivity contribution >= 4 is 5.78 Å². The average Bonchev–Trinajstić information content (AvgIpc) is 1.95. The van der Waals surface area contributed by atoms with Gasteiger partial charge in [-0.3, -0.25) is 4.79 Å². The van der Waals surface area contributed by atoms with Crippen LogP contribution in [0.4, 0.5) is 0 Å². The van der Waals surface area contributed by atoms with Crippen LogP contribution in [-0.2, 0) is 4.79 Å². The topological polar surface area (TPSA) is 17.1 Å².